The minimum atomic E-state index is 0.203. The van der Waals surface area contributed by atoms with E-state index < -0.39 is 0 Å². The van der Waals surface area contributed by atoms with Gasteiger partial charge in [-0.05, 0) is 44.4 Å². The van der Waals surface area contributed by atoms with E-state index in [-0.39, 0.29) is 6.04 Å². The van der Waals surface area contributed by atoms with Crippen LogP contribution in [0.3, 0.4) is 0 Å². The van der Waals surface area contributed by atoms with Crippen LogP contribution in [0.4, 0.5) is 5.69 Å². The molecule has 0 spiro atoms. The fraction of sp³-hybridized carbons (Fsp3) is 0.526. The summed E-state index contributed by atoms with van der Waals surface area (Å²) in [6, 6.07) is 6.39. The summed E-state index contributed by atoms with van der Waals surface area (Å²) >= 11 is 0. The lowest BCUT2D eigenvalue weighted by Gasteiger charge is -2.20. The largest absolute Gasteiger partial charge is 0.490 e. The first-order chi connectivity index (χ1) is 11.6. The Balaban J connectivity index is 2.27. The van der Waals surface area contributed by atoms with Crippen molar-refractivity contribution >= 4 is 5.69 Å². The number of rotatable bonds is 9. The van der Waals surface area contributed by atoms with Gasteiger partial charge in [0.1, 0.15) is 0 Å². The van der Waals surface area contributed by atoms with Gasteiger partial charge in [0.05, 0.1) is 30.6 Å². The Morgan fingerprint density at radius 2 is 1.79 bits per heavy atom. The van der Waals surface area contributed by atoms with Crippen molar-refractivity contribution in [2.24, 2.45) is 7.05 Å². The molecule has 0 aliphatic rings. The zero-order valence-electron chi connectivity index (χ0n) is 15.4. The van der Waals surface area contributed by atoms with E-state index >= 15 is 0 Å². The molecule has 0 fully saturated rings. The molecule has 1 aromatic heterocycles. The molecule has 24 heavy (non-hydrogen) atoms. The molecular weight excluding hydrogens is 302 g/mol. The van der Waals surface area contributed by atoms with Crippen LogP contribution in [0, 0.1) is 0 Å². The summed E-state index contributed by atoms with van der Waals surface area (Å²) in [7, 11) is 1.95. The highest BCUT2D eigenvalue weighted by atomic mass is 16.5. The summed E-state index contributed by atoms with van der Waals surface area (Å²) in [6.45, 7) is 9.52. The lowest BCUT2D eigenvalue weighted by molar-refractivity contribution is 0.287. The molecule has 1 N–H and O–H groups in total. The fourth-order valence-electron chi connectivity index (χ4n) is 2.81. The summed E-state index contributed by atoms with van der Waals surface area (Å²) in [4.78, 5) is 0. The number of anilines is 1. The van der Waals surface area contributed by atoms with Gasteiger partial charge in [0.25, 0.3) is 0 Å². The van der Waals surface area contributed by atoms with Gasteiger partial charge in [-0.3, -0.25) is 4.68 Å². The van der Waals surface area contributed by atoms with Crippen LogP contribution in [0.1, 0.15) is 51.4 Å². The van der Waals surface area contributed by atoms with Gasteiger partial charge in [-0.2, -0.15) is 5.10 Å². The standard InChI is InChI=1S/C19H29N3O2/c1-6-15(20-17-13-22(5)21-16(17)7-2)14-10-11-18(23-8-3)19(12-14)24-9-4/h10-13,15,20H,6-9H2,1-5H3. The third-order valence-electron chi connectivity index (χ3n) is 3.95. The molecule has 1 atom stereocenters. The van der Waals surface area contributed by atoms with Gasteiger partial charge in [0, 0.05) is 13.2 Å². The fourth-order valence-corrected chi connectivity index (χ4v) is 2.81. The first kappa shape index (κ1) is 18.2. The van der Waals surface area contributed by atoms with Crippen LogP contribution in [0.15, 0.2) is 24.4 Å². The monoisotopic (exact) mass is 331 g/mol. The number of aryl methyl sites for hydroxylation is 2. The molecule has 0 radical (unpaired) electrons. The highest BCUT2D eigenvalue weighted by molar-refractivity contribution is 5.50. The Hall–Kier alpha value is -2.17. The molecule has 2 rings (SSSR count). The molecule has 1 heterocycles. The molecule has 0 aliphatic heterocycles. The molecule has 0 bridgehead atoms. The molecule has 132 valence electrons. The average molecular weight is 331 g/mol. The molecule has 0 amide bonds. The maximum Gasteiger partial charge on any atom is 0.161 e. The maximum atomic E-state index is 5.75. The lowest BCUT2D eigenvalue weighted by atomic mass is 10.0. The van der Waals surface area contributed by atoms with Crippen LogP contribution in [0.2, 0.25) is 0 Å². The second kappa shape index (κ2) is 8.62. The Bertz CT molecular complexity index is 652. The number of hydrogen-bond acceptors (Lipinski definition) is 4. The summed E-state index contributed by atoms with van der Waals surface area (Å²) < 4.78 is 13.3. The number of ether oxygens (including phenoxy) is 2. The second-order valence-corrected chi connectivity index (χ2v) is 5.69. The summed E-state index contributed by atoms with van der Waals surface area (Å²) in [6.07, 6.45) is 3.92. The van der Waals surface area contributed by atoms with E-state index in [2.05, 4.69) is 36.4 Å². The van der Waals surface area contributed by atoms with Gasteiger partial charge in [0.2, 0.25) is 0 Å². The lowest BCUT2D eigenvalue weighted by Crippen LogP contribution is -2.11. The molecule has 0 saturated heterocycles. The Kier molecular flexibility index (Phi) is 6.53. The van der Waals surface area contributed by atoms with Gasteiger partial charge in [0.15, 0.2) is 11.5 Å². The van der Waals surface area contributed by atoms with E-state index in [1.165, 1.54) is 5.56 Å². The predicted molar refractivity (Wildman–Crippen MR) is 98.0 cm³/mol. The second-order valence-electron chi connectivity index (χ2n) is 5.69. The van der Waals surface area contributed by atoms with Crippen LogP contribution in [-0.2, 0) is 13.5 Å². The zero-order valence-corrected chi connectivity index (χ0v) is 15.4. The highest BCUT2D eigenvalue weighted by Crippen LogP contribution is 2.33. The summed E-state index contributed by atoms with van der Waals surface area (Å²) in [5.74, 6) is 1.60. The van der Waals surface area contributed by atoms with Crippen LogP contribution in [0.5, 0.6) is 11.5 Å². The average Bonchev–Trinajstić information content (AvgIpc) is 2.94. The van der Waals surface area contributed by atoms with E-state index in [1.807, 2.05) is 37.8 Å². The first-order valence-corrected chi connectivity index (χ1v) is 8.81. The molecule has 2 aromatic rings. The number of nitrogens with zero attached hydrogens (tertiary/aromatic N) is 2. The molecule has 0 aliphatic carbocycles. The Morgan fingerprint density at radius 3 is 2.42 bits per heavy atom. The molecular formula is C19H29N3O2. The van der Waals surface area contributed by atoms with E-state index in [9.17, 15) is 0 Å². The van der Waals surface area contributed by atoms with Crippen molar-refractivity contribution in [2.75, 3.05) is 18.5 Å². The van der Waals surface area contributed by atoms with Gasteiger partial charge >= 0.3 is 0 Å². The number of aromatic nitrogens is 2. The number of hydrogen-bond donors (Lipinski definition) is 1. The first-order valence-electron chi connectivity index (χ1n) is 8.81. The Morgan fingerprint density at radius 1 is 1.08 bits per heavy atom. The van der Waals surface area contributed by atoms with Crippen molar-refractivity contribution in [3.05, 3.63) is 35.7 Å². The van der Waals surface area contributed by atoms with Crippen molar-refractivity contribution in [1.29, 1.82) is 0 Å². The molecule has 1 unspecified atom stereocenters. The zero-order chi connectivity index (χ0) is 17.5. The normalized spacial score (nSPS) is 12.0. The summed E-state index contributed by atoms with van der Waals surface area (Å²) in [5, 5.41) is 8.13. The van der Waals surface area contributed by atoms with Crippen molar-refractivity contribution in [1.82, 2.24) is 9.78 Å². The topological polar surface area (TPSA) is 48.3 Å². The van der Waals surface area contributed by atoms with Crippen molar-refractivity contribution < 1.29 is 9.47 Å². The minimum Gasteiger partial charge on any atom is -0.490 e. The summed E-state index contributed by atoms with van der Waals surface area (Å²) in [5.41, 5.74) is 3.38. The third kappa shape index (κ3) is 4.22. The third-order valence-corrected chi connectivity index (χ3v) is 3.95. The smallest absolute Gasteiger partial charge is 0.161 e. The predicted octanol–water partition coefficient (Wildman–Crippen LogP) is 4.34. The maximum absolute atomic E-state index is 5.75. The van der Waals surface area contributed by atoms with Crippen LogP contribution in [0.25, 0.3) is 0 Å². The van der Waals surface area contributed by atoms with Crippen LogP contribution in [-0.4, -0.2) is 23.0 Å². The van der Waals surface area contributed by atoms with Crippen LogP contribution >= 0.6 is 0 Å². The van der Waals surface area contributed by atoms with Crippen molar-refractivity contribution in [3.63, 3.8) is 0 Å². The van der Waals surface area contributed by atoms with E-state index in [4.69, 9.17) is 9.47 Å². The number of nitrogens with one attached hydrogen (secondary N) is 1. The van der Waals surface area contributed by atoms with Gasteiger partial charge < -0.3 is 14.8 Å². The van der Waals surface area contributed by atoms with E-state index in [0.29, 0.717) is 13.2 Å². The molecule has 5 heteroatoms. The highest BCUT2D eigenvalue weighted by Gasteiger charge is 2.16. The van der Waals surface area contributed by atoms with E-state index in [1.54, 1.807) is 0 Å². The van der Waals surface area contributed by atoms with Crippen molar-refractivity contribution in [3.8, 4) is 11.5 Å². The van der Waals surface area contributed by atoms with E-state index in [0.717, 1.165) is 35.7 Å². The molecule has 0 saturated carbocycles. The van der Waals surface area contributed by atoms with Gasteiger partial charge in [-0.15, -0.1) is 0 Å². The Labute approximate surface area is 145 Å². The van der Waals surface area contributed by atoms with Gasteiger partial charge in [-0.1, -0.05) is 19.9 Å². The number of benzene rings is 1. The molecule has 1 aromatic carbocycles. The van der Waals surface area contributed by atoms with Crippen molar-refractivity contribution in [2.45, 2.75) is 46.6 Å². The minimum absolute atomic E-state index is 0.203. The SMILES string of the molecule is CCOc1ccc(C(CC)Nc2cn(C)nc2CC)cc1OCC. The molecule has 5 nitrogen and oxygen atoms in total. The van der Waals surface area contributed by atoms with Gasteiger partial charge in [-0.25, -0.2) is 0 Å². The van der Waals surface area contributed by atoms with Crippen LogP contribution < -0.4 is 14.8 Å². The quantitative estimate of drug-likeness (QED) is 0.742.